The standard InChI is InChI=1S/C25H32N2O5/c1-15-8-16(2)14-27(13-15)24(30)11-20(21-7-6-18(12-26-21)17(3)28)25-22(29)9-19(31-4)10-23(25)32-5/h6-7,9-10,12,15-16,20,29H,8,11,13-14H2,1-5H3. The van der Waals surface area contributed by atoms with Gasteiger partial charge in [0.2, 0.25) is 5.91 Å². The van der Waals surface area contributed by atoms with E-state index in [4.69, 9.17) is 9.47 Å². The van der Waals surface area contributed by atoms with Gasteiger partial charge in [-0.3, -0.25) is 14.6 Å². The molecule has 0 saturated carbocycles. The molecule has 0 aliphatic carbocycles. The van der Waals surface area contributed by atoms with Gasteiger partial charge in [0.15, 0.2) is 5.78 Å². The maximum Gasteiger partial charge on any atom is 0.223 e. The molecule has 1 fully saturated rings. The Labute approximate surface area is 189 Å². The minimum absolute atomic E-state index is 0.00288. The summed E-state index contributed by atoms with van der Waals surface area (Å²) in [4.78, 5) is 31.4. The molecule has 1 amide bonds. The van der Waals surface area contributed by atoms with Gasteiger partial charge in [-0.1, -0.05) is 13.8 Å². The predicted octanol–water partition coefficient (Wildman–Crippen LogP) is 4.03. The second-order valence-corrected chi connectivity index (χ2v) is 8.79. The summed E-state index contributed by atoms with van der Waals surface area (Å²) in [6, 6.07) is 6.62. The van der Waals surface area contributed by atoms with Gasteiger partial charge in [0.05, 0.1) is 14.2 Å². The number of pyridine rings is 1. The molecule has 1 aromatic heterocycles. The van der Waals surface area contributed by atoms with Crippen LogP contribution >= 0.6 is 0 Å². The molecule has 1 aliphatic rings. The first-order valence-electron chi connectivity index (χ1n) is 10.9. The van der Waals surface area contributed by atoms with E-state index in [-0.39, 0.29) is 23.9 Å². The Bertz CT molecular complexity index is 963. The summed E-state index contributed by atoms with van der Waals surface area (Å²) < 4.78 is 10.8. The first-order valence-corrected chi connectivity index (χ1v) is 10.9. The number of methoxy groups -OCH3 is 2. The number of phenols is 1. The molecule has 2 aromatic rings. The lowest BCUT2D eigenvalue weighted by atomic mass is 9.87. The molecular formula is C25H32N2O5. The number of piperidine rings is 1. The smallest absolute Gasteiger partial charge is 0.223 e. The van der Waals surface area contributed by atoms with Crippen LogP contribution < -0.4 is 9.47 Å². The number of hydrogen-bond donors (Lipinski definition) is 1. The molecule has 172 valence electrons. The SMILES string of the molecule is COc1cc(O)c(C(CC(=O)N2CC(C)CC(C)C2)c2ccc(C(C)=O)cn2)c(OC)c1. The van der Waals surface area contributed by atoms with E-state index in [1.54, 1.807) is 18.2 Å². The number of aromatic hydroxyl groups is 1. The Kier molecular flexibility index (Phi) is 7.38. The molecule has 0 bridgehead atoms. The molecule has 3 unspecified atom stereocenters. The zero-order valence-corrected chi connectivity index (χ0v) is 19.4. The van der Waals surface area contributed by atoms with Crippen molar-refractivity contribution in [3.05, 3.63) is 47.3 Å². The van der Waals surface area contributed by atoms with Gasteiger partial charge < -0.3 is 19.5 Å². The average molecular weight is 441 g/mol. The number of rotatable bonds is 7. The Morgan fingerprint density at radius 2 is 1.84 bits per heavy atom. The molecular weight excluding hydrogens is 408 g/mol. The number of nitrogens with zero attached hydrogens (tertiary/aromatic N) is 2. The van der Waals surface area contributed by atoms with Crippen molar-refractivity contribution < 1.29 is 24.2 Å². The van der Waals surface area contributed by atoms with E-state index >= 15 is 0 Å². The molecule has 3 rings (SSSR count). The number of ether oxygens (including phenoxy) is 2. The van der Waals surface area contributed by atoms with Crippen molar-refractivity contribution in [3.63, 3.8) is 0 Å². The molecule has 7 heteroatoms. The van der Waals surface area contributed by atoms with Crippen LogP contribution in [0.3, 0.4) is 0 Å². The van der Waals surface area contributed by atoms with E-state index in [0.29, 0.717) is 40.2 Å². The van der Waals surface area contributed by atoms with Crippen LogP contribution in [-0.2, 0) is 4.79 Å². The molecule has 2 heterocycles. The van der Waals surface area contributed by atoms with E-state index in [0.717, 1.165) is 19.5 Å². The van der Waals surface area contributed by atoms with Crippen LogP contribution in [0.25, 0.3) is 0 Å². The van der Waals surface area contributed by atoms with E-state index in [2.05, 4.69) is 18.8 Å². The van der Waals surface area contributed by atoms with Crippen LogP contribution in [0, 0.1) is 11.8 Å². The number of carbonyl (C=O) groups is 2. The van der Waals surface area contributed by atoms with Crippen molar-refractivity contribution >= 4 is 11.7 Å². The fraction of sp³-hybridized carbons (Fsp3) is 0.480. The highest BCUT2D eigenvalue weighted by atomic mass is 16.5. The quantitative estimate of drug-likeness (QED) is 0.654. The van der Waals surface area contributed by atoms with Gasteiger partial charge in [0.1, 0.15) is 17.2 Å². The monoisotopic (exact) mass is 440 g/mol. The summed E-state index contributed by atoms with van der Waals surface area (Å²) >= 11 is 0. The molecule has 1 aliphatic heterocycles. The molecule has 1 aromatic carbocycles. The number of benzene rings is 1. The third kappa shape index (κ3) is 5.21. The first-order chi connectivity index (χ1) is 15.2. The van der Waals surface area contributed by atoms with Crippen LogP contribution in [0.2, 0.25) is 0 Å². The number of hydrogen-bond acceptors (Lipinski definition) is 6. The van der Waals surface area contributed by atoms with Crippen molar-refractivity contribution in [1.82, 2.24) is 9.88 Å². The van der Waals surface area contributed by atoms with E-state index in [1.165, 1.54) is 33.4 Å². The van der Waals surface area contributed by atoms with Gasteiger partial charge in [0.25, 0.3) is 0 Å². The van der Waals surface area contributed by atoms with Crippen LogP contribution in [0.1, 0.15) is 61.1 Å². The van der Waals surface area contributed by atoms with Crippen molar-refractivity contribution in [3.8, 4) is 17.2 Å². The van der Waals surface area contributed by atoms with E-state index in [1.807, 2.05) is 4.90 Å². The number of aromatic nitrogens is 1. The number of ketones is 1. The maximum absolute atomic E-state index is 13.4. The highest BCUT2D eigenvalue weighted by molar-refractivity contribution is 5.93. The zero-order chi connectivity index (χ0) is 23.4. The van der Waals surface area contributed by atoms with Crippen LogP contribution in [0.4, 0.5) is 0 Å². The average Bonchev–Trinajstić information content (AvgIpc) is 2.76. The van der Waals surface area contributed by atoms with Crippen molar-refractivity contribution in [1.29, 1.82) is 0 Å². The molecule has 3 atom stereocenters. The second-order valence-electron chi connectivity index (χ2n) is 8.79. The maximum atomic E-state index is 13.4. The topological polar surface area (TPSA) is 89.0 Å². The predicted molar refractivity (Wildman–Crippen MR) is 121 cm³/mol. The summed E-state index contributed by atoms with van der Waals surface area (Å²) in [5, 5.41) is 10.8. The van der Waals surface area contributed by atoms with Gasteiger partial charge in [-0.25, -0.2) is 0 Å². The third-order valence-corrected chi connectivity index (χ3v) is 6.05. The zero-order valence-electron chi connectivity index (χ0n) is 19.4. The number of Topliss-reactive ketones (excluding diaryl/α,β-unsaturated/α-hetero) is 1. The third-order valence-electron chi connectivity index (χ3n) is 6.05. The van der Waals surface area contributed by atoms with Crippen LogP contribution in [-0.4, -0.2) is 54.0 Å². The molecule has 0 radical (unpaired) electrons. The molecule has 1 N–H and O–H groups in total. The Balaban J connectivity index is 2.02. The van der Waals surface area contributed by atoms with Gasteiger partial charge in [-0.2, -0.15) is 0 Å². The second kappa shape index (κ2) is 10.0. The normalized spacial score (nSPS) is 19.3. The van der Waals surface area contributed by atoms with Gasteiger partial charge in [0, 0.05) is 60.6 Å². The van der Waals surface area contributed by atoms with Crippen LogP contribution in [0.15, 0.2) is 30.5 Å². The number of carbonyl (C=O) groups excluding carboxylic acids is 2. The summed E-state index contributed by atoms with van der Waals surface area (Å²) in [6.07, 6.45) is 2.74. The van der Waals surface area contributed by atoms with E-state index < -0.39 is 5.92 Å². The minimum Gasteiger partial charge on any atom is -0.507 e. The molecule has 0 spiro atoms. The number of phenolic OH excluding ortho intramolecular Hbond substituents is 1. The minimum atomic E-state index is -0.545. The largest absolute Gasteiger partial charge is 0.507 e. The van der Waals surface area contributed by atoms with Crippen LogP contribution in [0.5, 0.6) is 17.2 Å². The van der Waals surface area contributed by atoms with Gasteiger partial charge >= 0.3 is 0 Å². The number of likely N-dealkylation sites (tertiary alicyclic amines) is 1. The summed E-state index contributed by atoms with van der Waals surface area (Å²) in [6.45, 7) is 7.24. The van der Waals surface area contributed by atoms with Gasteiger partial charge in [-0.15, -0.1) is 0 Å². The highest BCUT2D eigenvalue weighted by Crippen LogP contribution is 2.43. The van der Waals surface area contributed by atoms with Crippen molar-refractivity contribution in [2.75, 3.05) is 27.3 Å². The van der Waals surface area contributed by atoms with E-state index in [9.17, 15) is 14.7 Å². The highest BCUT2D eigenvalue weighted by Gasteiger charge is 2.31. The lowest BCUT2D eigenvalue weighted by Gasteiger charge is -2.36. The fourth-order valence-electron chi connectivity index (χ4n) is 4.57. The Hall–Kier alpha value is -3.09. The first kappa shape index (κ1) is 23.6. The fourth-order valence-corrected chi connectivity index (χ4v) is 4.57. The number of amides is 1. The Morgan fingerprint density at radius 3 is 2.38 bits per heavy atom. The van der Waals surface area contributed by atoms with Crippen molar-refractivity contribution in [2.24, 2.45) is 11.8 Å². The summed E-state index contributed by atoms with van der Waals surface area (Å²) in [7, 11) is 3.02. The van der Waals surface area contributed by atoms with Gasteiger partial charge in [-0.05, 0) is 37.3 Å². The molecule has 32 heavy (non-hydrogen) atoms. The molecule has 7 nitrogen and oxygen atoms in total. The lowest BCUT2D eigenvalue weighted by molar-refractivity contribution is -0.134. The molecule has 1 saturated heterocycles. The Morgan fingerprint density at radius 1 is 1.16 bits per heavy atom. The summed E-state index contributed by atoms with van der Waals surface area (Å²) in [5.41, 5.74) is 1.55. The van der Waals surface area contributed by atoms with Crippen molar-refractivity contribution in [2.45, 2.75) is 39.5 Å². The lowest BCUT2D eigenvalue weighted by Crippen LogP contribution is -2.43. The summed E-state index contributed by atoms with van der Waals surface area (Å²) in [5.74, 6) is 1.09.